The van der Waals surface area contributed by atoms with Crippen molar-refractivity contribution in [2.45, 2.75) is 25.8 Å². The van der Waals surface area contributed by atoms with Crippen LogP contribution in [-0.2, 0) is 13.0 Å². The Labute approximate surface area is 177 Å². The van der Waals surface area contributed by atoms with Crippen LogP contribution in [0.15, 0.2) is 66.0 Å². The fourth-order valence-corrected chi connectivity index (χ4v) is 3.06. The molecule has 0 bridgehead atoms. The number of aromatic nitrogens is 3. The van der Waals surface area contributed by atoms with E-state index in [1.807, 2.05) is 35.3 Å². The molecule has 1 fully saturated rings. The maximum atomic E-state index is 5.68. The van der Waals surface area contributed by atoms with Crippen molar-refractivity contribution in [3.8, 4) is 11.6 Å². The van der Waals surface area contributed by atoms with E-state index in [1.54, 1.807) is 13.2 Å². The Morgan fingerprint density at radius 3 is 2.63 bits per heavy atom. The second-order valence-electron chi connectivity index (χ2n) is 7.48. The summed E-state index contributed by atoms with van der Waals surface area (Å²) in [5, 5.41) is 10.9. The molecule has 30 heavy (non-hydrogen) atoms. The van der Waals surface area contributed by atoms with Gasteiger partial charge in [0.1, 0.15) is 0 Å². The zero-order chi connectivity index (χ0) is 20.6. The van der Waals surface area contributed by atoms with Gasteiger partial charge in [0.15, 0.2) is 5.96 Å². The molecule has 1 aliphatic carbocycles. The minimum absolute atomic E-state index is 0.661. The average molecular weight is 405 g/mol. The molecule has 1 saturated carbocycles. The summed E-state index contributed by atoms with van der Waals surface area (Å²) in [6.07, 6.45) is 9.05. The van der Waals surface area contributed by atoms with E-state index in [9.17, 15) is 0 Å². The van der Waals surface area contributed by atoms with Gasteiger partial charge in [-0.1, -0.05) is 18.2 Å². The molecule has 7 nitrogen and oxygen atoms in total. The molecule has 4 rings (SSSR count). The standard InChI is InChI=1S/C23H28N6O/c1-24-23(27-16-20-7-10-22(26-15-20)30-17-19-3-4-19)25-13-11-18-5-8-21(9-6-18)29-14-2-12-28-29/h2,5-10,12,14-15,19H,3-4,11,13,16-17H2,1H3,(H2,24,25,27). The highest BCUT2D eigenvalue weighted by atomic mass is 16.5. The van der Waals surface area contributed by atoms with Crippen molar-refractivity contribution < 1.29 is 4.74 Å². The number of guanidine groups is 1. The van der Waals surface area contributed by atoms with Crippen LogP contribution in [0.25, 0.3) is 5.69 Å². The fraction of sp³-hybridized carbons (Fsp3) is 0.348. The van der Waals surface area contributed by atoms with Crippen LogP contribution in [0.3, 0.4) is 0 Å². The molecule has 7 heteroatoms. The quantitative estimate of drug-likeness (QED) is 0.424. The number of nitrogens with zero attached hydrogens (tertiary/aromatic N) is 4. The summed E-state index contributed by atoms with van der Waals surface area (Å²) in [4.78, 5) is 8.67. The Morgan fingerprint density at radius 1 is 1.13 bits per heavy atom. The summed E-state index contributed by atoms with van der Waals surface area (Å²) in [6, 6.07) is 14.3. The largest absolute Gasteiger partial charge is 0.477 e. The van der Waals surface area contributed by atoms with Gasteiger partial charge in [0.25, 0.3) is 0 Å². The van der Waals surface area contributed by atoms with Crippen LogP contribution in [-0.4, -0.2) is 40.9 Å². The molecule has 1 aromatic carbocycles. The van der Waals surface area contributed by atoms with Crippen LogP contribution < -0.4 is 15.4 Å². The van der Waals surface area contributed by atoms with Gasteiger partial charge in [0.2, 0.25) is 5.88 Å². The first-order valence-electron chi connectivity index (χ1n) is 10.4. The smallest absolute Gasteiger partial charge is 0.213 e. The van der Waals surface area contributed by atoms with E-state index in [0.29, 0.717) is 12.4 Å². The van der Waals surface area contributed by atoms with Gasteiger partial charge in [0, 0.05) is 44.8 Å². The lowest BCUT2D eigenvalue weighted by Gasteiger charge is -2.12. The molecule has 0 amide bonds. The molecule has 2 aromatic heterocycles. The number of benzene rings is 1. The second-order valence-corrected chi connectivity index (χ2v) is 7.48. The zero-order valence-corrected chi connectivity index (χ0v) is 17.3. The van der Waals surface area contributed by atoms with Gasteiger partial charge in [-0.3, -0.25) is 4.99 Å². The van der Waals surface area contributed by atoms with Gasteiger partial charge in [0.05, 0.1) is 12.3 Å². The molecule has 0 atom stereocenters. The van der Waals surface area contributed by atoms with Gasteiger partial charge >= 0.3 is 0 Å². The van der Waals surface area contributed by atoms with Crippen molar-refractivity contribution in [3.63, 3.8) is 0 Å². The molecule has 3 aromatic rings. The molecule has 0 radical (unpaired) electrons. The molecule has 1 aliphatic rings. The van der Waals surface area contributed by atoms with Gasteiger partial charge in [-0.15, -0.1) is 0 Å². The van der Waals surface area contributed by atoms with E-state index < -0.39 is 0 Å². The maximum Gasteiger partial charge on any atom is 0.213 e. The lowest BCUT2D eigenvalue weighted by Crippen LogP contribution is -2.37. The summed E-state index contributed by atoms with van der Waals surface area (Å²) in [6.45, 7) is 2.24. The SMILES string of the molecule is CN=C(NCCc1ccc(-n2cccn2)cc1)NCc1ccc(OCC2CC2)nc1. The second kappa shape index (κ2) is 9.91. The Balaban J connectivity index is 1.18. The molecule has 0 aliphatic heterocycles. The third-order valence-electron chi connectivity index (χ3n) is 5.06. The Hall–Kier alpha value is -3.35. The van der Waals surface area contributed by atoms with E-state index >= 15 is 0 Å². The minimum atomic E-state index is 0.661. The van der Waals surface area contributed by atoms with Crippen molar-refractivity contribution in [1.29, 1.82) is 0 Å². The molecule has 0 unspecified atom stereocenters. The number of rotatable bonds is 9. The highest BCUT2D eigenvalue weighted by molar-refractivity contribution is 5.79. The zero-order valence-electron chi connectivity index (χ0n) is 17.3. The van der Waals surface area contributed by atoms with Crippen molar-refractivity contribution in [1.82, 2.24) is 25.4 Å². The topological polar surface area (TPSA) is 76.4 Å². The summed E-state index contributed by atoms with van der Waals surface area (Å²) in [5.41, 5.74) is 3.41. The third kappa shape index (κ3) is 5.83. The summed E-state index contributed by atoms with van der Waals surface area (Å²) >= 11 is 0. The predicted molar refractivity (Wildman–Crippen MR) is 118 cm³/mol. The number of nitrogens with one attached hydrogen (secondary N) is 2. The molecule has 2 N–H and O–H groups in total. The van der Waals surface area contributed by atoms with Crippen LogP contribution in [0.2, 0.25) is 0 Å². The highest BCUT2D eigenvalue weighted by Gasteiger charge is 2.22. The van der Waals surface area contributed by atoms with Gasteiger partial charge in [-0.05, 0) is 54.5 Å². The number of ether oxygens (including phenoxy) is 1. The summed E-state index contributed by atoms with van der Waals surface area (Å²) < 4.78 is 7.54. The van der Waals surface area contributed by atoms with Crippen LogP contribution in [0, 0.1) is 5.92 Å². The number of aliphatic imine (C=N–C) groups is 1. The van der Waals surface area contributed by atoms with Gasteiger partial charge < -0.3 is 15.4 Å². The van der Waals surface area contributed by atoms with Crippen LogP contribution in [0.5, 0.6) is 5.88 Å². The third-order valence-corrected chi connectivity index (χ3v) is 5.06. The highest BCUT2D eigenvalue weighted by Crippen LogP contribution is 2.29. The lowest BCUT2D eigenvalue weighted by molar-refractivity contribution is 0.288. The van der Waals surface area contributed by atoms with Crippen molar-refractivity contribution in [2.24, 2.45) is 10.9 Å². The van der Waals surface area contributed by atoms with E-state index in [-0.39, 0.29) is 0 Å². The first kappa shape index (κ1) is 19.9. The Bertz CT molecular complexity index is 931. The first-order valence-corrected chi connectivity index (χ1v) is 10.4. The lowest BCUT2D eigenvalue weighted by atomic mass is 10.1. The van der Waals surface area contributed by atoms with Crippen LogP contribution in [0.4, 0.5) is 0 Å². The Kier molecular flexibility index (Phi) is 6.59. The van der Waals surface area contributed by atoms with E-state index in [2.05, 4.69) is 50.0 Å². The van der Waals surface area contributed by atoms with E-state index in [1.165, 1.54) is 18.4 Å². The van der Waals surface area contributed by atoms with E-state index in [0.717, 1.165) is 42.7 Å². The van der Waals surface area contributed by atoms with Crippen LogP contribution in [0.1, 0.15) is 24.0 Å². The summed E-state index contributed by atoms with van der Waals surface area (Å²) in [7, 11) is 1.78. The molecule has 0 spiro atoms. The number of hydrogen-bond donors (Lipinski definition) is 2. The molecular weight excluding hydrogens is 376 g/mol. The normalized spacial score (nSPS) is 13.8. The first-order chi connectivity index (χ1) is 14.8. The molecular formula is C23H28N6O. The van der Waals surface area contributed by atoms with E-state index in [4.69, 9.17) is 4.74 Å². The fourth-order valence-electron chi connectivity index (χ4n) is 3.06. The molecule has 2 heterocycles. The van der Waals surface area contributed by atoms with Crippen LogP contribution >= 0.6 is 0 Å². The van der Waals surface area contributed by atoms with Gasteiger partial charge in [-0.2, -0.15) is 5.10 Å². The molecule has 156 valence electrons. The van der Waals surface area contributed by atoms with Gasteiger partial charge in [-0.25, -0.2) is 9.67 Å². The number of pyridine rings is 1. The molecule has 0 saturated heterocycles. The average Bonchev–Trinajstić information content (AvgIpc) is 3.46. The predicted octanol–water partition coefficient (Wildman–Crippen LogP) is 2.96. The van der Waals surface area contributed by atoms with Crippen molar-refractivity contribution in [2.75, 3.05) is 20.2 Å². The minimum Gasteiger partial charge on any atom is -0.477 e. The van der Waals surface area contributed by atoms with Crippen molar-refractivity contribution in [3.05, 3.63) is 72.2 Å². The maximum absolute atomic E-state index is 5.68. The number of hydrogen-bond acceptors (Lipinski definition) is 4. The summed E-state index contributed by atoms with van der Waals surface area (Å²) in [5.74, 6) is 2.21. The monoisotopic (exact) mass is 404 g/mol. The Morgan fingerprint density at radius 2 is 1.97 bits per heavy atom. The van der Waals surface area contributed by atoms with Crippen molar-refractivity contribution >= 4 is 5.96 Å².